The Balaban J connectivity index is 0.00000144. The number of hydrogen-bond donors (Lipinski definition) is 1. The number of nitrogens with zero attached hydrogens (tertiary/aromatic N) is 2. The van der Waals surface area contributed by atoms with Crippen LogP contribution in [0.3, 0.4) is 0 Å². The van der Waals surface area contributed by atoms with Crippen molar-refractivity contribution in [2.75, 3.05) is 20.2 Å². The molecular formula is C16H22ClN3OS. The zero-order valence-electron chi connectivity index (χ0n) is 12.7. The van der Waals surface area contributed by atoms with Crippen molar-refractivity contribution in [1.29, 1.82) is 0 Å². The van der Waals surface area contributed by atoms with E-state index in [9.17, 15) is 0 Å². The number of methoxy groups -OCH3 is 1. The van der Waals surface area contributed by atoms with Crippen molar-refractivity contribution in [2.45, 2.75) is 25.4 Å². The average molecular weight is 340 g/mol. The average Bonchev–Trinajstić information content (AvgIpc) is 3.14. The Bertz CT molecular complexity index is 662. The zero-order chi connectivity index (χ0) is 14.4. The van der Waals surface area contributed by atoms with Crippen LogP contribution in [0.2, 0.25) is 0 Å². The van der Waals surface area contributed by atoms with Crippen molar-refractivity contribution in [3.63, 3.8) is 0 Å². The Labute approximate surface area is 141 Å². The fraction of sp³-hybridized carbons (Fsp3) is 0.562. The van der Waals surface area contributed by atoms with Crippen molar-refractivity contribution in [2.24, 2.45) is 17.6 Å². The third kappa shape index (κ3) is 2.83. The molecular weight excluding hydrogens is 318 g/mol. The van der Waals surface area contributed by atoms with E-state index in [1.165, 1.54) is 29.1 Å². The minimum absolute atomic E-state index is 0. The van der Waals surface area contributed by atoms with Gasteiger partial charge in [-0.2, -0.15) is 0 Å². The van der Waals surface area contributed by atoms with Gasteiger partial charge in [-0.15, -0.1) is 23.7 Å². The Morgan fingerprint density at radius 1 is 1.36 bits per heavy atom. The molecule has 22 heavy (non-hydrogen) atoms. The van der Waals surface area contributed by atoms with E-state index in [1.807, 2.05) is 12.1 Å². The molecule has 0 bridgehead atoms. The van der Waals surface area contributed by atoms with Gasteiger partial charge in [-0.05, 0) is 42.9 Å². The van der Waals surface area contributed by atoms with Crippen LogP contribution in [0.4, 0.5) is 0 Å². The molecule has 2 aliphatic rings. The lowest BCUT2D eigenvalue weighted by atomic mass is 9.98. The molecule has 6 heteroatoms. The number of rotatable bonds is 3. The first-order valence-corrected chi connectivity index (χ1v) is 8.46. The highest BCUT2D eigenvalue weighted by atomic mass is 35.5. The second-order valence-corrected chi connectivity index (χ2v) is 7.42. The Hall–Kier alpha value is -0.880. The van der Waals surface area contributed by atoms with Crippen LogP contribution in [0.5, 0.6) is 5.75 Å². The topological polar surface area (TPSA) is 51.4 Å². The number of aromatic nitrogens is 1. The summed E-state index contributed by atoms with van der Waals surface area (Å²) in [4.78, 5) is 7.29. The Morgan fingerprint density at radius 3 is 3.00 bits per heavy atom. The lowest BCUT2D eigenvalue weighted by molar-refractivity contribution is 0.298. The van der Waals surface area contributed by atoms with Crippen LogP contribution in [0.15, 0.2) is 18.2 Å². The zero-order valence-corrected chi connectivity index (χ0v) is 14.3. The van der Waals surface area contributed by atoms with Crippen LogP contribution >= 0.6 is 23.7 Å². The summed E-state index contributed by atoms with van der Waals surface area (Å²) in [6, 6.07) is 6.51. The second-order valence-electron chi connectivity index (χ2n) is 6.30. The van der Waals surface area contributed by atoms with Gasteiger partial charge in [0.2, 0.25) is 0 Å². The van der Waals surface area contributed by atoms with Crippen molar-refractivity contribution in [1.82, 2.24) is 9.88 Å². The van der Waals surface area contributed by atoms with Crippen LogP contribution in [-0.4, -0.2) is 36.1 Å². The van der Waals surface area contributed by atoms with Gasteiger partial charge in [0.05, 0.1) is 23.9 Å². The molecule has 0 spiro atoms. The van der Waals surface area contributed by atoms with Gasteiger partial charge in [0.1, 0.15) is 10.8 Å². The third-order valence-electron chi connectivity index (χ3n) is 4.99. The molecule has 2 aromatic rings. The largest absolute Gasteiger partial charge is 0.497 e. The Morgan fingerprint density at radius 2 is 2.23 bits per heavy atom. The Kier molecular flexibility index (Phi) is 4.59. The molecule has 0 radical (unpaired) electrons. The maximum Gasteiger partial charge on any atom is 0.120 e. The molecule has 120 valence electrons. The van der Waals surface area contributed by atoms with E-state index in [4.69, 9.17) is 15.5 Å². The third-order valence-corrected chi connectivity index (χ3v) is 5.99. The molecule has 1 saturated carbocycles. The van der Waals surface area contributed by atoms with E-state index in [0.717, 1.165) is 30.3 Å². The normalized spacial score (nSPS) is 27.8. The van der Waals surface area contributed by atoms with Gasteiger partial charge in [-0.1, -0.05) is 0 Å². The summed E-state index contributed by atoms with van der Waals surface area (Å²) in [7, 11) is 1.70. The van der Waals surface area contributed by atoms with Crippen LogP contribution in [-0.2, 0) is 6.54 Å². The van der Waals surface area contributed by atoms with Gasteiger partial charge in [-0.25, -0.2) is 4.98 Å². The fourth-order valence-electron chi connectivity index (χ4n) is 3.87. The monoisotopic (exact) mass is 339 g/mol. The molecule has 0 amide bonds. The molecule has 2 N–H and O–H groups in total. The molecule has 4 rings (SSSR count). The molecule has 2 fully saturated rings. The summed E-state index contributed by atoms with van der Waals surface area (Å²) in [6.45, 7) is 3.30. The number of nitrogens with two attached hydrogens (primary N) is 1. The predicted molar refractivity (Wildman–Crippen MR) is 92.9 cm³/mol. The summed E-state index contributed by atoms with van der Waals surface area (Å²) in [5.74, 6) is 2.42. The van der Waals surface area contributed by atoms with Crippen molar-refractivity contribution in [3.8, 4) is 5.75 Å². The lowest BCUT2D eigenvalue weighted by Gasteiger charge is -2.16. The number of thiazole rings is 1. The van der Waals surface area contributed by atoms with E-state index in [1.54, 1.807) is 18.4 Å². The van der Waals surface area contributed by atoms with E-state index >= 15 is 0 Å². The molecule has 1 aromatic heterocycles. The molecule has 4 nitrogen and oxygen atoms in total. The minimum atomic E-state index is 0. The first kappa shape index (κ1) is 16.0. The number of hydrogen-bond acceptors (Lipinski definition) is 5. The van der Waals surface area contributed by atoms with Gasteiger partial charge in [-0.3, -0.25) is 4.90 Å². The molecule has 1 aliphatic carbocycles. The smallest absolute Gasteiger partial charge is 0.120 e. The molecule has 3 atom stereocenters. The second kappa shape index (κ2) is 6.32. The van der Waals surface area contributed by atoms with Crippen LogP contribution in [0.25, 0.3) is 10.2 Å². The van der Waals surface area contributed by atoms with E-state index in [-0.39, 0.29) is 12.4 Å². The summed E-state index contributed by atoms with van der Waals surface area (Å²) in [6.07, 6.45) is 2.52. The van der Waals surface area contributed by atoms with Gasteiger partial charge >= 0.3 is 0 Å². The summed E-state index contributed by atoms with van der Waals surface area (Å²) < 4.78 is 6.49. The summed E-state index contributed by atoms with van der Waals surface area (Å²) >= 11 is 1.78. The highest BCUT2D eigenvalue weighted by molar-refractivity contribution is 7.18. The standard InChI is InChI=1S/C16H21N3OS.ClH/c1-20-11-3-5-14-15(6-11)21-16(18-14)9-19-7-10-2-4-13(17)12(10)8-19;/h3,5-6,10,12-13H,2,4,7-9,17H2,1H3;1H. The fourth-order valence-corrected chi connectivity index (χ4v) is 4.91. The molecule has 3 unspecified atom stereocenters. The highest BCUT2D eigenvalue weighted by Gasteiger charge is 2.40. The molecule has 1 aliphatic heterocycles. The van der Waals surface area contributed by atoms with E-state index in [0.29, 0.717) is 12.0 Å². The predicted octanol–water partition coefficient (Wildman–Crippen LogP) is 2.90. The maximum absolute atomic E-state index is 6.22. The van der Waals surface area contributed by atoms with E-state index in [2.05, 4.69) is 11.0 Å². The van der Waals surface area contributed by atoms with Crippen LogP contribution < -0.4 is 10.5 Å². The first-order chi connectivity index (χ1) is 10.2. The van der Waals surface area contributed by atoms with Gasteiger partial charge < -0.3 is 10.5 Å². The number of likely N-dealkylation sites (tertiary alicyclic amines) is 1. The van der Waals surface area contributed by atoms with Gasteiger partial charge in [0, 0.05) is 19.1 Å². The highest BCUT2D eigenvalue weighted by Crippen LogP contribution is 2.38. The number of fused-ring (bicyclic) bond motifs is 2. The minimum Gasteiger partial charge on any atom is -0.497 e. The van der Waals surface area contributed by atoms with Crippen molar-refractivity contribution < 1.29 is 4.74 Å². The quantitative estimate of drug-likeness (QED) is 0.934. The van der Waals surface area contributed by atoms with Crippen LogP contribution in [0.1, 0.15) is 17.8 Å². The molecule has 1 aromatic carbocycles. The van der Waals surface area contributed by atoms with Gasteiger partial charge in [0.25, 0.3) is 0 Å². The number of halogens is 1. The molecule has 1 saturated heterocycles. The first-order valence-electron chi connectivity index (χ1n) is 7.64. The molecule has 2 heterocycles. The van der Waals surface area contributed by atoms with Crippen molar-refractivity contribution >= 4 is 34.0 Å². The SMILES string of the molecule is COc1ccc2nc(CN3CC4CCC(N)C4C3)sc2c1.Cl. The number of benzene rings is 1. The summed E-state index contributed by atoms with van der Waals surface area (Å²) in [5.41, 5.74) is 7.29. The van der Waals surface area contributed by atoms with Crippen LogP contribution in [0, 0.1) is 11.8 Å². The lowest BCUT2D eigenvalue weighted by Crippen LogP contribution is -2.30. The van der Waals surface area contributed by atoms with E-state index < -0.39 is 0 Å². The van der Waals surface area contributed by atoms with Gasteiger partial charge in [0.15, 0.2) is 0 Å². The maximum atomic E-state index is 6.22. The van der Waals surface area contributed by atoms with Crippen molar-refractivity contribution in [3.05, 3.63) is 23.2 Å². The summed E-state index contributed by atoms with van der Waals surface area (Å²) in [5, 5.41) is 1.20. The number of ether oxygens (including phenoxy) is 1.